The maximum atomic E-state index is 10.5. The fourth-order valence-electron chi connectivity index (χ4n) is 1.33. The van der Waals surface area contributed by atoms with Gasteiger partial charge in [0.2, 0.25) is 0 Å². The predicted octanol–water partition coefficient (Wildman–Crippen LogP) is 0.954. The zero-order valence-corrected chi connectivity index (χ0v) is 9.54. The maximum absolute atomic E-state index is 10.5. The number of hydrogen-bond donors (Lipinski definition) is 3. The van der Waals surface area contributed by atoms with Crippen molar-refractivity contribution in [2.75, 3.05) is 6.61 Å². The van der Waals surface area contributed by atoms with E-state index in [9.17, 15) is 15.0 Å². The van der Waals surface area contributed by atoms with Crippen LogP contribution in [0, 0.1) is 0 Å². The molecule has 5 nitrogen and oxygen atoms in total. The van der Waals surface area contributed by atoms with Crippen LogP contribution in [0.1, 0.15) is 25.0 Å². The summed E-state index contributed by atoms with van der Waals surface area (Å²) in [7, 11) is 0. The van der Waals surface area contributed by atoms with Gasteiger partial charge in [-0.1, -0.05) is 19.1 Å². The highest BCUT2D eigenvalue weighted by Crippen LogP contribution is 2.22. The number of carbonyl (C=O) groups is 1. The number of ether oxygens (including phenoxy) is 1. The number of aliphatic hydroxyl groups is 2. The van der Waals surface area contributed by atoms with Gasteiger partial charge >= 0.3 is 5.97 Å². The van der Waals surface area contributed by atoms with Crippen LogP contribution in [0.5, 0.6) is 5.75 Å². The Bertz CT molecular complexity index is 377. The summed E-state index contributed by atoms with van der Waals surface area (Å²) in [5.74, 6) is -0.918. The fraction of sp³-hybridized carbons (Fsp3) is 0.417. The standard InChI is InChI=1S/C12H16O5/c1-2-6-17-9-5-3-4-8(7-9)10(13)11(14)12(15)16/h3-5,7,10-11,13-14H,2,6H2,1H3,(H,15,16). The van der Waals surface area contributed by atoms with E-state index in [4.69, 9.17) is 9.84 Å². The molecule has 1 rings (SSSR count). The number of rotatable bonds is 6. The summed E-state index contributed by atoms with van der Waals surface area (Å²) in [5, 5.41) is 27.4. The smallest absolute Gasteiger partial charge is 0.335 e. The third-order valence-electron chi connectivity index (χ3n) is 2.22. The topological polar surface area (TPSA) is 87.0 Å². The summed E-state index contributed by atoms with van der Waals surface area (Å²) in [6.07, 6.45) is -2.45. The molecule has 2 atom stereocenters. The highest BCUT2D eigenvalue weighted by molar-refractivity contribution is 5.73. The number of benzene rings is 1. The first-order valence-corrected chi connectivity index (χ1v) is 5.38. The molecule has 94 valence electrons. The first-order chi connectivity index (χ1) is 8.06. The summed E-state index contributed by atoms with van der Waals surface area (Å²) >= 11 is 0. The number of carboxylic acids is 1. The van der Waals surface area contributed by atoms with E-state index in [1.54, 1.807) is 12.1 Å². The van der Waals surface area contributed by atoms with Crippen LogP contribution in [0.3, 0.4) is 0 Å². The van der Waals surface area contributed by atoms with Gasteiger partial charge in [-0.2, -0.15) is 0 Å². The van der Waals surface area contributed by atoms with E-state index in [1.807, 2.05) is 6.92 Å². The monoisotopic (exact) mass is 240 g/mol. The zero-order valence-electron chi connectivity index (χ0n) is 9.54. The Kier molecular flexibility index (Phi) is 4.93. The second-order valence-electron chi connectivity index (χ2n) is 3.65. The van der Waals surface area contributed by atoms with Crippen molar-refractivity contribution in [2.45, 2.75) is 25.6 Å². The molecule has 0 radical (unpaired) electrons. The van der Waals surface area contributed by atoms with Gasteiger partial charge in [0.05, 0.1) is 6.61 Å². The average molecular weight is 240 g/mol. The van der Waals surface area contributed by atoms with E-state index < -0.39 is 18.2 Å². The molecule has 0 fully saturated rings. The van der Waals surface area contributed by atoms with Crippen LogP contribution in [0.4, 0.5) is 0 Å². The van der Waals surface area contributed by atoms with Gasteiger partial charge in [-0.3, -0.25) is 0 Å². The van der Waals surface area contributed by atoms with Crippen molar-refractivity contribution in [3.63, 3.8) is 0 Å². The molecule has 0 saturated carbocycles. The number of aliphatic carboxylic acids is 1. The van der Waals surface area contributed by atoms with Crippen LogP contribution in [-0.2, 0) is 4.79 Å². The van der Waals surface area contributed by atoms with Crippen molar-refractivity contribution in [1.29, 1.82) is 0 Å². The SMILES string of the molecule is CCCOc1cccc(C(O)C(O)C(=O)O)c1. The largest absolute Gasteiger partial charge is 0.494 e. The van der Waals surface area contributed by atoms with Gasteiger partial charge < -0.3 is 20.1 Å². The second kappa shape index (κ2) is 6.22. The lowest BCUT2D eigenvalue weighted by Crippen LogP contribution is -2.27. The van der Waals surface area contributed by atoms with Crippen LogP contribution in [-0.4, -0.2) is 34.0 Å². The van der Waals surface area contributed by atoms with Crippen molar-refractivity contribution in [3.8, 4) is 5.75 Å². The van der Waals surface area contributed by atoms with E-state index in [1.165, 1.54) is 12.1 Å². The molecule has 3 N–H and O–H groups in total. The Morgan fingerprint density at radius 1 is 1.41 bits per heavy atom. The molecule has 0 aliphatic carbocycles. The summed E-state index contributed by atoms with van der Waals surface area (Å²) in [5.41, 5.74) is 0.313. The van der Waals surface area contributed by atoms with Crippen molar-refractivity contribution in [2.24, 2.45) is 0 Å². The van der Waals surface area contributed by atoms with Crippen LogP contribution in [0.2, 0.25) is 0 Å². The lowest BCUT2D eigenvalue weighted by Gasteiger charge is -2.15. The Balaban J connectivity index is 2.80. The van der Waals surface area contributed by atoms with Crippen LogP contribution in [0.25, 0.3) is 0 Å². The van der Waals surface area contributed by atoms with Crippen molar-refractivity contribution < 1.29 is 24.9 Å². The molecule has 0 aliphatic rings. The Labute approximate surface area is 99.3 Å². The first-order valence-electron chi connectivity index (χ1n) is 5.38. The minimum Gasteiger partial charge on any atom is -0.494 e. The van der Waals surface area contributed by atoms with Crippen LogP contribution in [0.15, 0.2) is 24.3 Å². The van der Waals surface area contributed by atoms with E-state index in [0.29, 0.717) is 17.9 Å². The third kappa shape index (κ3) is 3.72. The Morgan fingerprint density at radius 3 is 2.71 bits per heavy atom. The molecular weight excluding hydrogens is 224 g/mol. The molecule has 0 aromatic heterocycles. The van der Waals surface area contributed by atoms with Gasteiger partial charge in [0, 0.05) is 0 Å². The summed E-state index contributed by atoms with van der Waals surface area (Å²) in [6.45, 7) is 2.51. The van der Waals surface area contributed by atoms with Crippen LogP contribution < -0.4 is 4.74 Å². The van der Waals surface area contributed by atoms with E-state index in [0.717, 1.165) is 6.42 Å². The van der Waals surface area contributed by atoms with Gasteiger partial charge in [0.15, 0.2) is 6.10 Å². The second-order valence-corrected chi connectivity index (χ2v) is 3.65. The maximum Gasteiger partial charge on any atom is 0.335 e. The lowest BCUT2D eigenvalue weighted by atomic mass is 10.0. The highest BCUT2D eigenvalue weighted by Gasteiger charge is 2.25. The Hall–Kier alpha value is -1.59. The minimum atomic E-state index is -1.84. The third-order valence-corrected chi connectivity index (χ3v) is 2.22. The molecule has 1 aromatic rings. The highest BCUT2D eigenvalue weighted by atomic mass is 16.5. The van der Waals surface area contributed by atoms with E-state index in [-0.39, 0.29) is 0 Å². The van der Waals surface area contributed by atoms with Crippen LogP contribution >= 0.6 is 0 Å². The number of aliphatic hydroxyl groups excluding tert-OH is 2. The first kappa shape index (κ1) is 13.5. The molecule has 0 spiro atoms. The van der Waals surface area contributed by atoms with E-state index >= 15 is 0 Å². The van der Waals surface area contributed by atoms with Crippen molar-refractivity contribution in [3.05, 3.63) is 29.8 Å². The summed E-state index contributed by atoms with van der Waals surface area (Å²) < 4.78 is 5.35. The van der Waals surface area contributed by atoms with Gasteiger partial charge in [0.25, 0.3) is 0 Å². The van der Waals surface area contributed by atoms with Gasteiger partial charge in [-0.05, 0) is 24.1 Å². The molecule has 5 heteroatoms. The molecule has 0 saturated heterocycles. The Morgan fingerprint density at radius 2 is 2.12 bits per heavy atom. The molecule has 0 bridgehead atoms. The van der Waals surface area contributed by atoms with Gasteiger partial charge in [0.1, 0.15) is 11.9 Å². The fourth-order valence-corrected chi connectivity index (χ4v) is 1.33. The van der Waals surface area contributed by atoms with Gasteiger partial charge in [-0.25, -0.2) is 4.79 Å². The molecular formula is C12H16O5. The molecule has 17 heavy (non-hydrogen) atoms. The molecule has 0 amide bonds. The normalized spacial score (nSPS) is 14.1. The number of carboxylic acid groups (broad SMARTS) is 1. The number of hydrogen-bond acceptors (Lipinski definition) is 4. The van der Waals surface area contributed by atoms with Crippen molar-refractivity contribution in [1.82, 2.24) is 0 Å². The van der Waals surface area contributed by atoms with Crippen molar-refractivity contribution >= 4 is 5.97 Å². The van der Waals surface area contributed by atoms with E-state index in [2.05, 4.69) is 0 Å². The summed E-state index contributed by atoms with van der Waals surface area (Å²) in [4.78, 5) is 10.5. The summed E-state index contributed by atoms with van der Waals surface area (Å²) in [6, 6.07) is 6.40. The molecule has 0 aliphatic heterocycles. The minimum absolute atomic E-state index is 0.313. The average Bonchev–Trinajstić information content (AvgIpc) is 2.34. The molecule has 1 aromatic carbocycles. The van der Waals surface area contributed by atoms with Gasteiger partial charge in [-0.15, -0.1) is 0 Å². The zero-order chi connectivity index (χ0) is 12.8. The molecule has 0 heterocycles. The molecule has 2 unspecified atom stereocenters. The lowest BCUT2D eigenvalue weighted by molar-refractivity contribution is -0.153. The predicted molar refractivity (Wildman–Crippen MR) is 60.8 cm³/mol. The quantitative estimate of drug-likeness (QED) is 0.689.